The van der Waals surface area contributed by atoms with Gasteiger partial charge in [0.2, 0.25) is 0 Å². The zero-order valence-corrected chi connectivity index (χ0v) is 12.5. The van der Waals surface area contributed by atoms with Crippen LogP contribution in [0.4, 0.5) is 0 Å². The molecule has 0 aliphatic heterocycles. The predicted molar refractivity (Wildman–Crippen MR) is 78.2 cm³/mol. The third kappa shape index (κ3) is 7.27. The Balaban J connectivity index is 4.41. The second kappa shape index (κ2) is 9.34. The molecule has 1 amide bonds. The van der Waals surface area contributed by atoms with Gasteiger partial charge in [-0.3, -0.25) is 4.79 Å². The van der Waals surface area contributed by atoms with Gasteiger partial charge in [-0.15, -0.1) is 11.8 Å². The summed E-state index contributed by atoms with van der Waals surface area (Å²) < 4.78 is 0. The second-order valence-corrected chi connectivity index (χ2v) is 5.11. The smallest absolute Gasteiger partial charge is 0.257 e. The van der Waals surface area contributed by atoms with Crippen molar-refractivity contribution in [3.63, 3.8) is 0 Å². The fourth-order valence-corrected chi connectivity index (χ4v) is 1.93. The Bertz CT molecular complexity index is 295. The molecule has 1 atom stereocenters. The number of amides is 1. The van der Waals surface area contributed by atoms with Crippen LogP contribution in [0.25, 0.3) is 0 Å². The number of nitrogens with one attached hydrogen (secondary N) is 1. The van der Waals surface area contributed by atoms with Crippen LogP contribution < -0.4 is 5.32 Å². The lowest BCUT2D eigenvalue weighted by Crippen LogP contribution is -2.32. The maximum atomic E-state index is 12.0. The zero-order chi connectivity index (χ0) is 13.3. The van der Waals surface area contributed by atoms with Crippen molar-refractivity contribution in [1.29, 1.82) is 0 Å². The highest BCUT2D eigenvalue weighted by Crippen LogP contribution is 2.15. The molecule has 0 aromatic rings. The van der Waals surface area contributed by atoms with Crippen LogP contribution >= 0.6 is 11.8 Å². The maximum Gasteiger partial charge on any atom is 0.257 e. The quantitative estimate of drug-likeness (QED) is 0.552. The molecule has 0 radical (unpaired) electrons. The predicted octanol–water partition coefficient (Wildman–Crippen LogP) is 3.89. The highest BCUT2D eigenvalue weighted by molar-refractivity contribution is 8.03. The van der Waals surface area contributed by atoms with Crippen molar-refractivity contribution in [2.45, 2.75) is 53.0 Å². The first-order valence-electron chi connectivity index (χ1n) is 6.24. The number of carbonyl (C=O) groups excluding carboxylic acids is 1. The minimum Gasteiger partial charge on any atom is -0.349 e. The molecule has 0 saturated carbocycles. The van der Waals surface area contributed by atoms with Crippen LogP contribution in [-0.4, -0.2) is 18.2 Å². The average Bonchev–Trinajstić information content (AvgIpc) is 2.32. The van der Waals surface area contributed by atoms with E-state index in [1.165, 1.54) is 18.2 Å². The maximum absolute atomic E-state index is 12.0. The van der Waals surface area contributed by atoms with Crippen molar-refractivity contribution in [1.82, 2.24) is 5.32 Å². The lowest BCUT2D eigenvalue weighted by Gasteiger charge is -2.14. The van der Waals surface area contributed by atoms with Gasteiger partial charge in [-0.05, 0) is 39.5 Å². The number of carbonyl (C=O) groups is 1. The van der Waals surface area contributed by atoms with Crippen molar-refractivity contribution >= 4 is 17.7 Å². The molecule has 0 aliphatic rings. The fourth-order valence-electron chi connectivity index (χ4n) is 1.38. The molecule has 0 aliphatic carbocycles. The van der Waals surface area contributed by atoms with Gasteiger partial charge in [-0.2, -0.15) is 0 Å². The summed E-state index contributed by atoms with van der Waals surface area (Å²) in [5.41, 5.74) is 1.12. The molecule has 0 saturated heterocycles. The first-order valence-corrected chi connectivity index (χ1v) is 7.47. The summed E-state index contributed by atoms with van der Waals surface area (Å²) in [6, 6.07) is 0.254. The number of hydrogen-bond acceptors (Lipinski definition) is 2. The molecular formula is C14H25NOS. The van der Waals surface area contributed by atoms with Gasteiger partial charge in [0.15, 0.2) is 0 Å². The minimum atomic E-state index is 0.0438. The van der Waals surface area contributed by atoms with E-state index < -0.39 is 0 Å². The molecule has 0 spiro atoms. The molecule has 2 nitrogen and oxygen atoms in total. The van der Waals surface area contributed by atoms with E-state index in [0.29, 0.717) is 0 Å². The summed E-state index contributed by atoms with van der Waals surface area (Å²) >= 11 is 1.50. The van der Waals surface area contributed by atoms with Gasteiger partial charge in [0.05, 0.1) is 4.91 Å². The molecule has 0 heterocycles. The number of unbranched alkanes of at least 4 members (excludes halogenated alkanes) is 1. The van der Waals surface area contributed by atoms with Gasteiger partial charge in [0, 0.05) is 6.04 Å². The highest BCUT2D eigenvalue weighted by atomic mass is 32.2. The van der Waals surface area contributed by atoms with Gasteiger partial charge in [0.25, 0.3) is 5.91 Å². The van der Waals surface area contributed by atoms with Crippen LogP contribution in [0, 0.1) is 0 Å². The van der Waals surface area contributed by atoms with Gasteiger partial charge in [0.1, 0.15) is 0 Å². The van der Waals surface area contributed by atoms with Crippen LogP contribution in [0.5, 0.6) is 0 Å². The Morgan fingerprint density at radius 2 is 2.12 bits per heavy atom. The summed E-state index contributed by atoms with van der Waals surface area (Å²) in [6.07, 6.45) is 9.25. The standard InChI is InChI=1S/C14H25NOS/c1-6-8-9-12(4)15-14(16)13(17-5)10-11(3)7-2/h7,10,12H,6,8-9H2,1-5H3,(H,15,16)/b11-7+,13-10-/t12-/m0/s1. The van der Waals surface area contributed by atoms with E-state index in [2.05, 4.69) is 19.2 Å². The van der Waals surface area contributed by atoms with Gasteiger partial charge in [-0.25, -0.2) is 0 Å². The molecule has 3 heteroatoms. The molecule has 0 bridgehead atoms. The molecule has 0 aromatic heterocycles. The Hall–Kier alpha value is -0.700. The second-order valence-electron chi connectivity index (χ2n) is 4.26. The van der Waals surface area contributed by atoms with E-state index in [0.717, 1.165) is 23.3 Å². The van der Waals surface area contributed by atoms with Crippen LogP contribution in [0.3, 0.4) is 0 Å². The summed E-state index contributed by atoms with van der Waals surface area (Å²) in [5.74, 6) is 0.0438. The molecule has 17 heavy (non-hydrogen) atoms. The molecule has 0 rings (SSSR count). The molecule has 0 fully saturated rings. The van der Waals surface area contributed by atoms with Crippen molar-refractivity contribution in [3.8, 4) is 0 Å². The number of allylic oxidation sites excluding steroid dienone is 3. The molecule has 98 valence electrons. The summed E-state index contributed by atoms with van der Waals surface area (Å²) in [5, 5.41) is 3.04. The van der Waals surface area contributed by atoms with Crippen molar-refractivity contribution in [2.75, 3.05) is 6.26 Å². The molecule has 0 unspecified atom stereocenters. The van der Waals surface area contributed by atoms with Crippen molar-refractivity contribution in [3.05, 3.63) is 22.6 Å². The van der Waals surface area contributed by atoms with Crippen LogP contribution in [0.1, 0.15) is 47.0 Å². The summed E-state index contributed by atoms with van der Waals surface area (Å²) in [4.78, 5) is 12.8. The monoisotopic (exact) mass is 255 g/mol. The van der Waals surface area contributed by atoms with E-state index in [1.54, 1.807) is 0 Å². The normalized spacial score (nSPS) is 14.6. The molecule has 0 aromatic carbocycles. The van der Waals surface area contributed by atoms with Crippen LogP contribution in [0.15, 0.2) is 22.6 Å². The SMILES string of the molecule is C/C=C(C)/C=C(\SC)C(=O)N[C@@H](C)CCCC. The van der Waals surface area contributed by atoms with Gasteiger partial charge >= 0.3 is 0 Å². The Labute approximate surface area is 110 Å². The third-order valence-corrected chi connectivity index (χ3v) is 3.37. The average molecular weight is 255 g/mol. The Morgan fingerprint density at radius 3 is 2.59 bits per heavy atom. The van der Waals surface area contributed by atoms with Crippen LogP contribution in [-0.2, 0) is 4.79 Å². The molecular weight excluding hydrogens is 230 g/mol. The summed E-state index contributed by atoms with van der Waals surface area (Å²) in [6.45, 7) is 8.21. The number of rotatable bonds is 7. The lowest BCUT2D eigenvalue weighted by atomic mass is 10.1. The van der Waals surface area contributed by atoms with E-state index in [1.807, 2.05) is 32.3 Å². The Kier molecular flexibility index (Phi) is 8.96. The zero-order valence-electron chi connectivity index (χ0n) is 11.7. The van der Waals surface area contributed by atoms with E-state index >= 15 is 0 Å². The largest absolute Gasteiger partial charge is 0.349 e. The topological polar surface area (TPSA) is 29.1 Å². The first-order chi connectivity index (χ1) is 8.04. The summed E-state index contributed by atoms with van der Waals surface area (Å²) in [7, 11) is 0. The Morgan fingerprint density at radius 1 is 1.47 bits per heavy atom. The van der Waals surface area contributed by atoms with E-state index in [9.17, 15) is 4.79 Å². The van der Waals surface area contributed by atoms with Gasteiger partial charge < -0.3 is 5.32 Å². The van der Waals surface area contributed by atoms with Gasteiger partial charge in [-0.1, -0.05) is 31.4 Å². The van der Waals surface area contributed by atoms with Crippen molar-refractivity contribution < 1.29 is 4.79 Å². The molecule has 1 N–H and O–H groups in total. The first kappa shape index (κ1) is 16.3. The van der Waals surface area contributed by atoms with E-state index in [4.69, 9.17) is 0 Å². The fraction of sp³-hybridized carbons (Fsp3) is 0.643. The van der Waals surface area contributed by atoms with Crippen molar-refractivity contribution in [2.24, 2.45) is 0 Å². The van der Waals surface area contributed by atoms with E-state index in [-0.39, 0.29) is 11.9 Å². The third-order valence-electron chi connectivity index (χ3n) is 2.63. The minimum absolute atomic E-state index is 0.0438. The highest BCUT2D eigenvalue weighted by Gasteiger charge is 2.11. The number of hydrogen-bond donors (Lipinski definition) is 1. The number of thioether (sulfide) groups is 1. The van der Waals surface area contributed by atoms with Crippen LogP contribution in [0.2, 0.25) is 0 Å². The lowest BCUT2D eigenvalue weighted by molar-refractivity contribution is -0.117.